The van der Waals surface area contributed by atoms with Gasteiger partial charge in [-0.15, -0.1) is 0 Å². The Kier molecular flexibility index (Phi) is 4.70. The van der Waals surface area contributed by atoms with E-state index in [0.717, 1.165) is 0 Å². The van der Waals surface area contributed by atoms with Gasteiger partial charge in [-0.05, 0) is 42.0 Å². The number of ether oxygens (including phenoxy) is 1. The molecule has 28 heavy (non-hydrogen) atoms. The summed E-state index contributed by atoms with van der Waals surface area (Å²) in [5.74, 6) is 0.932. The molecule has 3 aromatic carbocycles. The number of sulfonamides is 1. The van der Waals surface area contributed by atoms with Crippen LogP contribution in [0, 0.1) is 0 Å². The molecule has 1 aliphatic rings. The lowest BCUT2D eigenvalue weighted by Gasteiger charge is -2.12. The summed E-state index contributed by atoms with van der Waals surface area (Å²) in [6, 6.07) is 18.6. The summed E-state index contributed by atoms with van der Waals surface area (Å²) < 4.78 is 33.9. The number of anilines is 2. The lowest BCUT2D eigenvalue weighted by atomic mass is 10.2. The number of hydrogen-bond donors (Lipinski definition) is 2. The van der Waals surface area contributed by atoms with Crippen LogP contribution in [0.25, 0.3) is 0 Å². The van der Waals surface area contributed by atoms with Crippen molar-refractivity contribution in [1.82, 2.24) is 0 Å². The monoisotopic (exact) mass is 414 g/mol. The molecule has 0 spiro atoms. The van der Waals surface area contributed by atoms with Crippen LogP contribution in [0.5, 0.6) is 11.5 Å². The summed E-state index contributed by atoms with van der Waals surface area (Å²) >= 11 is 6.15. The number of fused-ring (bicyclic) bond motifs is 1. The number of amides is 1. The minimum Gasteiger partial charge on any atom is -0.457 e. The van der Waals surface area contributed by atoms with Crippen molar-refractivity contribution in [2.45, 2.75) is 11.3 Å². The second-order valence-corrected chi connectivity index (χ2v) is 8.27. The Balaban J connectivity index is 1.60. The van der Waals surface area contributed by atoms with Crippen LogP contribution in [0.3, 0.4) is 0 Å². The fourth-order valence-corrected chi connectivity index (χ4v) is 4.52. The Labute approximate surface area is 167 Å². The zero-order valence-corrected chi connectivity index (χ0v) is 16.0. The maximum atomic E-state index is 12.8. The van der Waals surface area contributed by atoms with Crippen molar-refractivity contribution in [2.75, 3.05) is 10.0 Å². The number of benzene rings is 3. The third kappa shape index (κ3) is 3.81. The molecular formula is C20H15ClN2O4S. The highest BCUT2D eigenvalue weighted by Crippen LogP contribution is 2.33. The maximum Gasteiger partial charge on any atom is 0.263 e. The van der Waals surface area contributed by atoms with E-state index < -0.39 is 10.0 Å². The topological polar surface area (TPSA) is 84.5 Å². The number of carbonyl (C=O) groups excluding carboxylic acids is 1. The van der Waals surface area contributed by atoms with Crippen molar-refractivity contribution in [3.63, 3.8) is 0 Å². The summed E-state index contributed by atoms with van der Waals surface area (Å²) in [6.45, 7) is 0. The van der Waals surface area contributed by atoms with Gasteiger partial charge in [-0.2, -0.15) is 0 Å². The number of rotatable bonds is 5. The fraction of sp³-hybridized carbons (Fsp3) is 0.0500. The zero-order valence-electron chi connectivity index (χ0n) is 14.5. The average Bonchev–Trinajstić information content (AvgIpc) is 3.00. The van der Waals surface area contributed by atoms with E-state index in [1.807, 2.05) is 18.2 Å². The van der Waals surface area contributed by atoms with E-state index in [1.165, 1.54) is 12.1 Å². The molecule has 1 amide bonds. The highest BCUT2D eigenvalue weighted by molar-refractivity contribution is 7.92. The van der Waals surface area contributed by atoms with Crippen LogP contribution in [0.15, 0.2) is 71.6 Å². The van der Waals surface area contributed by atoms with Gasteiger partial charge in [0.1, 0.15) is 16.4 Å². The smallest absolute Gasteiger partial charge is 0.263 e. The summed E-state index contributed by atoms with van der Waals surface area (Å²) in [4.78, 5) is 11.4. The molecule has 1 aliphatic heterocycles. The second kappa shape index (κ2) is 7.18. The van der Waals surface area contributed by atoms with Crippen molar-refractivity contribution < 1.29 is 17.9 Å². The van der Waals surface area contributed by atoms with E-state index in [9.17, 15) is 13.2 Å². The molecule has 0 saturated heterocycles. The van der Waals surface area contributed by atoms with Gasteiger partial charge in [-0.3, -0.25) is 9.52 Å². The molecule has 8 heteroatoms. The SMILES string of the molecule is O=C1Cc2cc(S(=O)(=O)Nc3cccc(Oc4ccccc4)c3)c(Cl)cc2N1. The molecule has 3 aromatic rings. The Bertz CT molecular complexity index is 1160. The quantitative estimate of drug-likeness (QED) is 0.646. The van der Waals surface area contributed by atoms with E-state index in [1.54, 1.807) is 36.4 Å². The highest BCUT2D eigenvalue weighted by Gasteiger charge is 2.25. The van der Waals surface area contributed by atoms with Crippen molar-refractivity contribution in [2.24, 2.45) is 0 Å². The second-order valence-electron chi connectivity index (χ2n) is 6.21. The van der Waals surface area contributed by atoms with Crippen LogP contribution in [-0.4, -0.2) is 14.3 Å². The molecule has 0 aromatic heterocycles. The van der Waals surface area contributed by atoms with Crippen LogP contribution in [0.1, 0.15) is 5.56 Å². The van der Waals surface area contributed by atoms with E-state index in [0.29, 0.717) is 28.4 Å². The predicted molar refractivity (Wildman–Crippen MR) is 108 cm³/mol. The first-order chi connectivity index (χ1) is 13.4. The van der Waals surface area contributed by atoms with Crippen LogP contribution in [-0.2, 0) is 21.2 Å². The van der Waals surface area contributed by atoms with E-state index in [-0.39, 0.29) is 22.2 Å². The third-order valence-electron chi connectivity index (χ3n) is 4.14. The van der Waals surface area contributed by atoms with Gasteiger partial charge in [0, 0.05) is 11.8 Å². The lowest BCUT2D eigenvalue weighted by Crippen LogP contribution is -2.13. The van der Waals surface area contributed by atoms with E-state index >= 15 is 0 Å². The van der Waals surface area contributed by atoms with Crippen molar-refractivity contribution in [3.05, 3.63) is 77.3 Å². The van der Waals surface area contributed by atoms with E-state index in [2.05, 4.69) is 10.0 Å². The van der Waals surface area contributed by atoms with Gasteiger partial charge in [0.05, 0.1) is 17.1 Å². The summed E-state index contributed by atoms with van der Waals surface area (Å²) in [6.07, 6.45) is 0.120. The molecule has 2 N–H and O–H groups in total. The van der Waals surface area contributed by atoms with Gasteiger partial charge >= 0.3 is 0 Å². The number of carbonyl (C=O) groups is 1. The number of hydrogen-bond acceptors (Lipinski definition) is 4. The zero-order chi connectivity index (χ0) is 19.7. The minimum absolute atomic E-state index is 0.0325. The standard InChI is InChI=1S/C20H15ClN2O4S/c21-17-12-18-13(10-20(24)22-18)9-19(17)28(25,26)23-14-5-4-8-16(11-14)27-15-6-2-1-3-7-15/h1-9,11-12,23H,10H2,(H,22,24). The fourth-order valence-electron chi connectivity index (χ4n) is 2.89. The van der Waals surface area contributed by atoms with Gasteiger partial charge in [0.25, 0.3) is 10.0 Å². The van der Waals surface area contributed by atoms with Gasteiger partial charge < -0.3 is 10.1 Å². The molecule has 0 atom stereocenters. The molecule has 0 fully saturated rings. The Hall–Kier alpha value is -3.03. The molecule has 0 saturated carbocycles. The average molecular weight is 415 g/mol. The van der Waals surface area contributed by atoms with Gasteiger partial charge in [0.2, 0.25) is 5.91 Å². The lowest BCUT2D eigenvalue weighted by molar-refractivity contribution is -0.115. The Morgan fingerprint density at radius 1 is 0.964 bits per heavy atom. The largest absolute Gasteiger partial charge is 0.457 e. The number of nitrogens with one attached hydrogen (secondary N) is 2. The molecule has 0 bridgehead atoms. The molecule has 0 unspecified atom stereocenters. The van der Waals surface area contributed by atoms with E-state index in [4.69, 9.17) is 16.3 Å². The Morgan fingerprint density at radius 3 is 2.50 bits per heavy atom. The first-order valence-electron chi connectivity index (χ1n) is 8.39. The van der Waals surface area contributed by atoms with Crippen molar-refractivity contribution in [1.29, 1.82) is 0 Å². The van der Waals surface area contributed by atoms with Gasteiger partial charge in [0.15, 0.2) is 0 Å². The highest BCUT2D eigenvalue weighted by atomic mass is 35.5. The normalized spacial score (nSPS) is 13.0. The van der Waals surface area contributed by atoms with Crippen LogP contribution >= 0.6 is 11.6 Å². The van der Waals surface area contributed by atoms with Crippen molar-refractivity contribution in [3.8, 4) is 11.5 Å². The molecule has 142 valence electrons. The summed E-state index contributed by atoms with van der Waals surface area (Å²) in [7, 11) is -3.95. The molecular weight excluding hydrogens is 400 g/mol. The van der Waals surface area contributed by atoms with Crippen molar-refractivity contribution >= 4 is 38.9 Å². The van der Waals surface area contributed by atoms with Crippen LogP contribution in [0.4, 0.5) is 11.4 Å². The Morgan fingerprint density at radius 2 is 1.71 bits per heavy atom. The molecule has 4 rings (SSSR count). The number of para-hydroxylation sites is 1. The van der Waals surface area contributed by atoms with Gasteiger partial charge in [-0.1, -0.05) is 35.9 Å². The van der Waals surface area contributed by atoms with Crippen LogP contribution < -0.4 is 14.8 Å². The summed E-state index contributed by atoms with van der Waals surface area (Å²) in [5.41, 5.74) is 1.46. The maximum absolute atomic E-state index is 12.8. The minimum atomic E-state index is -3.95. The molecule has 0 aliphatic carbocycles. The molecule has 1 heterocycles. The number of halogens is 1. The van der Waals surface area contributed by atoms with Gasteiger partial charge in [-0.25, -0.2) is 8.42 Å². The van der Waals surface area contributed by atoms with Crippen LogP contribution in [0.2, 0.25) is 5.02 Å². The summed E-state index contributed by atoms with van der Waals surface area (Å²) in [5, 5.41) is 2.67. The molecule has 0 radical (unpaired) electrons. The predicted octanol–water partition coefficient (Wildman–Crippen LogP) is 4.43. The first-order valence-corrected chi connectivity index (χ1v) is 10.2. The first kappa shape index (κ1) is 18.3. The molecule has 6 nitrogen and oxygen atoms in total. The third-order valence-corrected chi connectivity index (χ3v) is 5.98.